The lowest BCUT2D eigenvalue weighted by Gasteiger charge is -2.21. The first-order chi connectivity index (χ1) is 25.1. The third kappa shape index (κ3) is 3.90. The molecule has 3 heterocycles. The van der Waals surface area contributed by atoms with Gasteiger partial charge in [0.2, 0.25) is 0 Å². The average molecular weight is 653 g/mol. The Bertz CT molecular complexity index is 3050. The van der Waals surface area contributed by atoms with E-state index in [1.165, 1.54) is 49.0 Å². The molecule has 0 saturated heterocycles. The predicted molar refractivity (Wildman–Crippen MR) is 211 cm³/mol. The minimum absolute atomic E-state index is 0.308. The molecule has 0 N–H and O–H groups in total. The topological polar surface area (TPSA) is 35.6 Å². The third-order valence-electron chi connectivity index (χ3n) is 11.0. The van der Waals surface area contributed by atoms with Gasteiger partial charge in [-0.3, -0.25) is 4.57 Å². The Morgan fingerprint density at radius 2 is 1.08 bits per heavy atom. The molecule has 0 saturated carbocycles. The van der Waals surface area contributed by atoms with Gasteiger partial charge in [-0.1, -0.05) is 117 Å². The lowest BCUT2D eigenvalue weighted by molar-refractivity contribution is 0.635. The average Bonchev–Trinajstić information content (AvgIpc) is 3.76. The lowest BCUT2D eigenvalue weighted by Crippen LogP contribution is -2.18. The highest BCUT2D eigenvalue weighted by atomic mass is 15.1. The molecule has 0 atom stereocenters. The van der Waals surface area contributed by atoms with E-state index in [2.05, 4.69) is 181 Å². The van der Waals surface area contributed by atoms with Crippen LogP contribution in [0.25, 0.3) is 88.4 Å². The van der Waals surface area contributed by atoms with Crippen LogP contribution in [0.15, 0.2) is 158 Å². The molecule has 0 fully saturated rings. The van der Waals surface area contributed by atoms with Crippen molar-refractivity contribution >= 4 is 54.4 Å². The van der Waals surface area contributed by atoms with Gasteiger partial charge in [-0.05, 0) is 76.5 Å². The largest absolute Gasteiger partial charge is 0.309 e. The molecule has 7 aromatic carbocycles. The van der Waals surface area contributed by atoms with Gasteiger partial charge in [-0.2, -0.15) is 0 Å². The molecule has 51 heavy (non-hydrogen) atoms. The van der Waals surface area contributed by atoms with E-state index in [0.717, 1.165) is 50.7 Å². The van der Waals surface area contributed by atoms with Gasteiger partial charge in [0, 0.05) is 43.8 Å². The highest BCUT2D eigenvalue weighted by Crippen LogP contribution is 2.51. The van der Waals surface area contributed by atoms with Crippen LogP contribution in [0.2, 0.25) is 0 Å². The van der Waals surface area contributed by atoms with Gasteiger partial charge in [0.15, 0.2) is 5.82 Å². The fourth-order valence-electron chi connectivity index (χ4n) is 8.66. The number of fused-ring (bicyclic) bond motifs is 10. The summed E-state index contributed by atoms with van der Waals surface area (Å²) >= 11 is 0. The van der Waals surface area contributed by atoms with Crippen molar-refractivity contribution in [2.75, 3.05) is 0 Å². The molecule has 3 aromatic heterocycles. The first-order valence-electron chi connectivity index (χ1n) is 17.6. The van der Waals surface area contributed by atoms with Crippen LogP contribution < -0.4 is 0 Å². The Morgan fingerprint density at radius 3 is 1.86 bits per heavy atom. The summed E-state index contributed by atoms with van der Waals surface area (Å²) in [6.07, 6.45) is 0. The van der Waals surface area contributed by atoms with E-state index >= 15 is 0 Å². The smallest absolute Gasteiger partial charge is 0.161 e. The molecule has 0 aliphatic heterocycles. The summed E-state index contributed by atoms with van der Waals surface area (Å²) in [5.74, 6) is 1.65. The van der Waals surface area contributed by atoms with E-state index in [-0.39, 0.29) is 5.41 Å². The molecule has 11 rings (SSSR count). The predicted octanol–water partition coefficient (Wildman–Crippen LogP) is 11.8. The molecule has 1 aliphatic carbocycles. The summed E-state index contributed by atoms with van der Waals surface area (Å²) in [5.41, 5.74) is 11.1. The Morgan fingerprint density at radius 1 is 0.471 bits per heavy atom. The minimum Gasteiger partial charge on any atom is -0.309 e. The van der Waals surface area contributed by atoms with E-state index in [4.69, 9.17) is 9.97 Å². The van der Waals surface area contributed by atoms with Crippen LogP contribution in [0.4, 0.5) is 0 Å². The zero-order chi connectivity index (χ0) is 33.8. The summed E-state index contributed by atoms with van der Waals surface area (Å²) in [7, 11) is 0. The SMILES string of the molecule is CC1(C)c2ccccc2-c2c(-n3c4ccccc4c4cc5ccccc5cc43)nc(-c3ccc4c(c3)c3ccccc3n4-c3ccccc3)nc21. The van der Waals surface area contributed by atoms with Crippen molar-refractivity contribution < 1.29 is 0 Å². The van der Waals surface area contributed by atoms with Crippen LogP contribution in [0.5, 0.6) is 0 Å². The molecule has 10 aromatic rings. The van der Waals surface area contributed by atoms with Crippen molar-refractivity contribution in [2.45, 2.75) is 19.3 Å². The molecule has 4 heteroatoms. The van der Waals surface area contributed by atoms with Crippen molar-refractivity contribution in [3.8, 4) is 34.0 Å². The fraction of sp³-hybridized carbons (Fsp3) is 0.0638. The van der Waals surface area contributed by atoms with Crippen LogP contribution >= 0.6 is 0 Å². The second-order valence-electron chi connectivity index (χ2n) is 14.3. The maximum atomic E-state index is 5.60. The van der Waals surface area contributed by atoms with Crippen molar-refractivity contribution in [3.05, 3.63) is 169 Å². The number of hydrogen-bond donors (Lipinski definition) is 0. The van der Waals surface area contributed by atoms with Crippen LogP contribution in [0.3, 0.4) is 0 Å². The lowest BCUT2D eigenvalue weighted by atomic mass is 9.85. The number of aromatic nitrogens is 4. The van der Waals surface area contributed by atoms with Crippen LogP contribution in [0.1, 0.15) is 25.1 Å². The first kappa shape index (κ1) is 28.3. The Labute approximate surface area is 294 Å². The highest BCUT2D eigenvalue weighted by molar-refractivity contribution is 6.14. The third-order valence-corrected chi connectivity index (χ3v) is 11.0. The van der Waals surface area contributed by atoms with Crippen molar-refractivity contribution in [3.63, 3.8) is 0 Å². The molecule has 0 spiro atoms. The normalized spacial score (nSPS) is 13.5. The highest BCUT2D eigenvalue weighted by Gasteiger charge is 2.40. The van der Waals surface area contributed by atoms with E-state index < -0.39 is 0 Å². The molecule has 0 amide bonds. The maximum absolute atomic E-state index is 5.60. The van der Waals surface area contributed by atoms with Gasteiger partial charge in [0.1, 0.15) is 5.82 Å². The van der Waals surface area contributed by atoms with Gasteiger partial charge < -0.3 is 4.57 Å². The second kappa shape index (κ2) is 10.3. The van der Waals surface area contributed by atoms with Crippen LogP contribution in [-0.4, -0.2) is 19.1 Å². The van der Waals surface area contributed by atoms with Gasteiger partial charge in [-0.15, -0.1) is 0 Å². The Hall–Kier alpha value is -6.52. The minimum atomic E-state index is -0.308. The van der Waals surface area contributed by atoms with E-state index in [1.54, 1.807) is 0 Å². The summed E-state index contributed by atoms with van der Waals surface area (Å²) in [4.78, 5) is 11.1. The van der Waals surface area contributed by atoms with E-state index in [9.17, 15) is 0 Å². The quantitative estimate of drug-likeness (QED) is 0.190. The zero-order valence-corrected chi connectivity index (χ0v) is 28.3. The zero-order valence-electron chi connectivity index (χ0n) is 28.3. The second-order valence-corrected chi connectivity index (χ2v) is 14.3. The molecular formula is C47H32N4. The summed E-state index contributed by atoms with van der Waals surface area (Å²) < 4.78 is 4.74. The fourth-order valence-corrected chi connectivity index (χ4v) is 8.66. The number of benzene rings is 7. The monoisotopic (exact) mass is 652 g/mol. The van der Waals surface area contributed by atoms with Crippen molar-refractivity contribution in [2.24, 2.45) is 0 Å². The molecule has 0 bridgehead atoms. The van der Waals surface area contributed by atoms with Crippen LogP contribution in [-0.2, 0) is 5.41 Å². The first-order valence-corrected chi connectivity index (χ1v) is 17.6. The summed E-state index contributed by atoms with van der Waals surface area (Å²) in [5, 5.41) is 7.27. The molecule has 0 unspecified atom stereocenters. The van der Waals surface area contributed by atoms with E-state index in [1.807, 2.05) is 0 Å². The van der Waals surface area contributed by atoms with E-state index in [0.29, 0.717) is 0 Å². The van der Waals surface area contributed by atoms with Gasteiger partial charge in [0.05, 0.1) is 27.8 Å². The summed E-state index contributed by atoms with van der Waals surface area (Å²) in [6.45, 7) is 4.60. The molecule has 4 nitrogen and oxygen atoms in total. The Balaban J connectivity index is 1.24. The van der Waals surface area contributed by atoms with Gasteiger partial charge >= 0.3 is 0 Å². The molecule has 1 aliphatic rings. The number of rotatable bonds is 3. The molecule has 240 valence electrons. The van der Waals surface area contributed by atoms with Crippen LogP contribution in [0, 0.1) is 0 Å². The maximum Gasteiger partial charge on any atom is 0.161 e. The van der Waals surface area contributed by atoms with Crippen molar-refractivity contribution in [1.29, 1.82) is 0 Å². The van der Waals surface area contributed by atoms with Gasteiger partial charge in [-0.25, -0.2) is 9.97 Å². The molecule has 0 radical (unpaired) electrons. The number of hydrogen-bond acceptors (Lipinski definition) is 2. The van der Waals surface area contributed by atoms with Gasteiger partial charge in [0.25, 0.3) is 0 Å². The van der Waals surface area contributed by atoms with Crippen molar-refractivity contribution in [1.82, 2.24) is 19.1 Å². The summed E-state index contributed by atoms with van der Waals surface area (Å²) in [6, 6.07) is 56.8. The Kier molecular flexibility index (Phi) is 5.70. The number of nitrogens with zero attached hydrogens (tertiary/aromatic N) is 4. The molecular weight excluding hydrogens is 621 g/mol. The number of para-hydroxylation sites is 3. The standard InChI is InChI=1S/C47H32N4/c1-47(2)38-21-11-8-20-35(38)43-44(47)48-45(31-24-25-41-36(27-31)33-18-9-12-22-39(33)50(41)32-16-4-3-5-17-32)49-46(43)51-40-23-13-10-19-34(40)37-26-29-14-6-7-15-30(29)28-42(37)51/h3-28H,1-2H3.